The quantitative estimate of drug-likeness (QED) is 0.759. The average Bonchev–Trinajstić information content (AvgIpc) is 2.92. The third-order valence-electron chi connectivity index (χ3n) is 3.51. The maximum absolute atomic E-state index is 12.9. The van der Waals surface area contributed by atoms with Crippen LogP contribution >= 0.6 is 0 Å². The van der Waals surface area contributed by atoms with Gasteiger partial charge in [0.05, 0.1) is 17.6 Å². The van der Waals surface area contributed by atoms with Crippen molar-refractivity contribution in [2.45, 2.75) is 13.2 Å². The molecular weight excluding hydrogens is 299 g/mol. The van der Waals surface area contributed by atoms with E-state index in [0.717, 1.165) is 11.0 Å². The first-order valence-corrected chi connectivity index (χ1v) is 7.23. The highest BCUT2D eigenvalue weighted by atomic mass is 19.1. The summed E-state index contributed by atoms with van der Waals surface area (Å²) < 4.78 is 25.7. The van der Waals surface area contributed by atoms with E-state index in [2.05, 4.69) is 4.98 Å². The third kappa shape index (κ3) is 3.33. The molecule has 23 heavy (non-hydrogen) atoms. The number of hydrogen-bond donors (Lipinski definition) is 1. The van der Waals surface area contributed by atoms with Crippen molar-refractivity contribution in [3.63, 3.8) is 0 Å². The van der Waals surface area contributed by atoms with Crippen molar-refractivity contribution >= 4 is 11.0 Å². The van der Waals surface area contributed by atoms with Gasteiger partial charge in [-0.2, -0.15) is 0 Å². The summed E-state index contributed by atoms with van der Waals surface area (Å²) >= 11 is 0. The van der Waals surface area contributed by atoms with E-state index >= 15 is 0 Å². The molecule has 0 unspecified atom stereocenters. The number of methoxy groups -OCH3 is 1. The Morgan fingerprint density at radius 3 is 2.57 bits per heavy atom. The predicted octanol–water partition coefficient (Wildman–Crippen LogP) is 3.11. The Bertz CT molecular complexity index is 799. The third-order valence-corrected chi connectivity index (χ3v) is 3.51. The Morgan fingerprint density at radius 2 is 1.87 bits per heavy atom. The average molecular weight is 316 g/mol. The van der Waals surface area contributed by atoms with E-state index in [1.165, 1.54) is 12.1 Å². The fourth-order valence-corrected chi connectivity index (χ4v) is 2.41. The van der Waals surface area contributed by atoms with Crippen LogP contribution < -0.4 is 4.74 Å². The van der Waals surface area contributed by atoms with E-state index in [-0.39, 0.29) is 12.4 Å². The monoisotopic (exact) mass is 316 g/mol. The van der Waals surface area contributed by atoms with Crippen LogP contribution in [0.1, 0.15) is 5.82 Å². The molecule has 0 bridgehead atoms. The Kier molecular flexibility index (Phi) is 4.55. The number of ether oxygens (including phenoxy) is 2. The number of aliphatic hydroxyl groups is 1. The van der Waals surface area contributed by atoms with Gasteiger partial charge in [0, 0.05) is 19.7 Å². The lowest BCUT2D eigenvalue weighted by Crippen LogP contribution is -2.08. The van der Waals surface area contributed by atoms with Gasteiger partial charge >= 0.3 is 0 Å². The maximum Gasteiger partial charge on any atom is 0.135 e. The minimum Gasteiger partial charge on any atom is -0.457 e. The first-order chi connectivity index (χ1) is 11.2. The summed E-state index contributed by atoms with van der Waals surface area (Å²) in [6, 6.07) is 11.3. The lowest BCUT2D eigenvalue weighted by molar-refractivity contribution is 0.184. The Balaban J connectivity index is 1.94. The van der Waals surface area contributed by atoms with Crippen LogP contribution in [0.15, 0.2) is 42.5 Å². The molecule has 6 heteroatoms. The van der Waals surface area contributed by atoms with E-state index < -0.39 is 0 Å². The van der Waals surface area contributed by atoms with E-state index in [1.54, 1.807) is 25.3 Å². The summed E-state index contributed by atoms with van der Waals surface area (Å²) in [5.74, 6) is 1.44. The SMILES string of the molecule is COCCn1c(CO)nc2ccc(Oc3ccc(F)cc3)cc21. The van der Waals surface area contributed by atoms with Gasteiger partial charge in [0.25, 0.3) is 0 Å². The highest BCUT2D eigenvalue weighted by Crippen LogP contribution is 2.26. The van der Waals surface area contributed by atoms with Crippen LogP contribution in [0.25, 0.3) is 11.0 Å². The van der Waals surface area contributed by atoms with Gasteiger partial charge < -0.3 is 19.1 Å². The van der Waals surface area contributed by atoms with Crippen molar-refractivity contribution < 1.29 is 19.0 Å². The molecule has 0 aliphatic rings. The molecular formula is C17H17FN2O3. The van der Waals surface area contributed by atoms with Crippen LogP contribution in [0.4, 0.5) is 4.39 Å². The Labute approximate surface area is 132 Å². The van der Waals surface area contributed by atoms with Gasteiger partial charge in [-0.25, -0.2) is 9.37 Å². The standard InChI is InChI=1S/C17H17FN2O3/c1-22-9-8-20-16-10-14(6-7-15(16)19-17(20)11-21)23-13-4-2-12(18)3-5-13/h2-7,10,21H,8-9,11H2,1H3. The van der Waals surface area contributed by atoms with Crippen LogP contribution in [-0.4, -0.2) is 28.4 Å². The second-order valence-corrected chi connectivity index (χ2v) is 5.04. The number of benzene rings is 2. The van der Waals surface area contributed by atoms with Gasteiger partial charge in [-0.1, -0.05) is 0 Å². The normalized spacial score (nSPS) is 11.1. The van der Waals surface area contributed by atoms with E-state index in [0.29, 0.717) is 30.5 Å². The molecule has 0 amide bonds. The summed E-state index contributed by atoms with van der Waals surface area (Å²) in [4.78, 5) is 4.40. The predicted molar refractivity (Wildman–Crippen MR) is 84.0 cm³/mol. The molecule has 1 heterocycles. The molecule has 0 saturated carbocycles. The largest absolute Gasteiger partial charge is 0.457 e. The minimum absolute atomic E-state index is 0.146. The number of nitrogens with zero attached hydrogens (tertiary/aromatic N) is 2. The van der Waals surface area contributed by atoms with Crippen LogP contribution in [0.5, 0.6) is 11.5 Å². The van der Waals surface area contributed by atoms with Crippen LogP contribution in [-0.2, 0) is 17.9 Å². The molecule has 0 atom stereocenters. The summed E-state index contributed by atoms with van der Waals surface area (Å²) in [6.45, 7) is 0.955. The highest BCUT2D eigenvalue weighted by molar-refractivity contribution is 5.78. The fourth-order valence-electron chi connectivity index (χ4n) is 2.41. The fraction of sp³-hybridized carbons (Fsp3) is 0.235. The number of rotatable bonds is 6. The molecule has 0 saturated heterocycles. The number of halogens is 1. The first-order valence-electron chi connectivity index (χ1n) is 7.23. The van der Waals surface area contributed by atoms with Crippen molar-refractivity contribution in [2.75, 3.05) is 13.7 Å². The molecule has 1 N–H and O–H groups in total. The van der Waals surface area contributed by atoms with Gasteiger partial charge in [0.1, 0.15) is 29.7 Å². The Morgan fingerprint density at radius 1 is 1.13 bits per heavy atom. The summed E-state index contributed by atoms with van der Waals surface area (Å²) in [5.41, 5.74) is 1.63. The summed E-state index contributed by atoms with van der Waals surface area (Å²) in [6.07, 6.45) is 0. The maximum atomic E-state index is 12.9. The number of imidazole rings is 1. The molecule has 3 rings (SSSR count). The topological polar surface area (TPSA) is 56.5 Å². The zero-order valence-electron chi connectivity index (χ0n) is 12.7. The van der Waals surface area contributed by atoms with E-state index in [4.69, 9.17) is 9.47 Å². The van der Waals surface area contributed by atoms with Crippen LogP contribution in [0.3, 0.4) is 0 Å². The van der Waals surface area contributed by atoms with Crippen molar-refractivity contribution in [3.8, 4) is 11.5 Å². The summed E-state index contributed by atoms with van der Waals surface area (Å²) in [5, 5.41) is 9.46. The van der Waals surface area contributed by atoms with Crippen molar-refractivity contribution in [3.05, 3.63) is 54.1 Å². The first kappa shape index (κ1) is 15.5. The second-order valence-electron chi connectivity index (χ2n) is 5.04. The number of hydrogen-bond acceptors (Lipinski definition) is 4. The summed E-state index contributed by atoms with van der Waals surface area (Å²) in [7, 11) is 1.63. The molecule has 2 aromatic carbocycles. The molecule has 5 nitrogen and oxygen atoms in total. The zero-order valence-corrected chi connectivity index (χ0v) is 12.7. The molecule has 0 fully saturated rings. The number of aliphatic hydroxyl groups excluding tert-OH is 1. The molecule has 0 spiro atoms. The van der Waals surface area contributed by atoms with Gasteiger partial charge in [-0.15, -0.1) is 0 Å². The van der Waals surface area contributed by atoms with Gasteiger partial charge in [-0.3, -0.25) is 0 Å². The zero-order chi connectivity index (χ0) is 16.2. The lowest BCUT2D eigenvalue weighted by atomic mass is 10.3. The smallest absolute Gasteiger partial charge is 0.135 e. The number of aromatic nitrogens is 2. The molecule has 120 valence electrons. The molecule has 3 aromatic rings. The molecule has 1 aromatic heterocycles. The van der Waals surface area contributed by atoms with E-state index in [9.17, 15) is 9.50 Å². The lowest BCUT2D eigenvalue weighted by Gasteiger charge is -2.09. The van der Waals surface area contributed by atoms with Crippen LogP contribution in [0.2, 0.25) is 0 Å². The molecule has 0 aliphatic heterocycles. The van der Waals surface area contributed by atoms with E-state index in [1.807, 2.05) is 16.7 Å². The van der Waals surface area contributed by atoms with Crippen LogP contribution in [0, 0.1) is 5.82 Å². The van der Waals surface area contributed by atoms with Gasteiger partial charge in [-0.05, 0) is 36.4 Å². The van der Waals surface area contributed by atoms with Crippen molar-refractivity contribution in [1.29, 1.82) is 0 Å². The van der Waals surface area contributed by atoms with Crippen molar-refractivity contribution in [2.24, 2.45) is 0 Å². The van der Waals surface area contributed by atoms with Gasteiger partial charge in [0.15, 0.2) is 0 Å². The Hall–Kier alpha value is -2.44. The number of fused-ring (bicyclic) bond motifs is 1. The minimum atomic E-state index is -0.307. The molecule has 0 radical (unpaired) electrons. The molecule has 0 aliphatic carbocycles. The second kappa shape index (κ2) is 6.76. The van der Waals surface area contributed by atoms with Gasteiger partial charge in [0.2, 0.25) is 0 Å². The highest BCUT2D eigenvalue weighted by Gasteiger charge is 2.11. The van der Waals surface area contributed by atoms with Crippen molar-refractivity contribution in [1.82, 2.24) is 9.55 Å².